The molecule has 15 heavy (non-hydrogen) atoms. The second-order valence-electron chi connectivity index (χ2n) is 4.01. The van der Waals surface area contributed by atoms with Crippen molar-refractivity contribution in [3.8, 4) is 0 Å². The molecule has 1 heterocycles. The number of aliphatic hydroxyl groups is 1. The summed E-state index contributed by atoms with van der Waals surface area (Å²) in [5.74, 6) is 0.100. The van der Waals surface area contributed by atoms with Gasteiger partial charge in [-0.2, -0.15) is 0 Å². The number of hydrogen-bond donors (Lipinski definition) is 4. The molecule has 7 N–H and O–H groups in total. The smallest absolute Gasteiger partial charge is 0.170 e. The van der Waals surface area contributed by atoms with Gasteiger partial charge in [0, 0.05) is 19.0 Å². The maximum Gasteiger partial charge on any atom is 0.170 e. The van der Waals surface area contributed by atoms with Crippen LogP contribution in [0.4, 0.5) is 0 Å². The summed E-state index contributed by atoms with van der Waals surface area (Å²) in [6.07, 6.45) is 0.344. The number of aliphatic hydroxyl groups excluding tert-OH is 1. The molecular weight excluding hydrogens is 194 g/mol. The second-order valence-corrected chi connectivity index (χ2v) is 4.01. The average Bonchev–Trinajstić information content (AvgIpc) is 2.38. The highest BCUT2D eigenvalue weighted by atomic mass is 16.6. The Hall–Kier alpha value is -0.460. The molecule has 0 aromatic heterocycles. The topological polar surface area (TPSA) is 108 Å². The average molecular weight is 215 g/mol. The second kappa shape index (κ2) is 5.58. The maximum absolute atomic E-state index is 9.57. The van der Waals surface area contributed by atoms with Crippen molar-refractivity contribution in [2.75, 3.05) is 13.1 Å². The van der Waals surface area contributed by atoms with E-state index in [0.29, 0.717) is 19.5 Å². The van der Waals surface area contributed by atoms with Crippen LogP contribution in [0.3, 0.4) is 0 Å². The Kier molecular flexibility index (Phi) is 4.69. The lowest BCUT2D eigenvalue weighted by molar-refractivity contribution is -0.144. The van der Waals surface area contributed by atoms with E-state index in [1.54, 1.807) is 0 Å². The third kappa shape index (κ3) is 2.99. The highest BCUT2D eigenvalue weighted by Crippen LogP contribution is 2.27. The van der Waals surface area contributed by atoms with Crippen LogP contribution in [-0.2, 0) is 4.74 Å². The van der Waals surface area contributed by atoms with Crippen LogP contribution < -0.4 is 17.2 Å². The normalized spacial score (nSPS) is 37.3. The minimum absolute atomic E-state index is 0.100. The molecule has 1 saturated heterocycles. The Morgan fingerprint density at radius 1 is 1.40 bits per heavy atom. The summed E-state index contributed by atoms with van der Waals surface area (Å²) < 4.78 is 5.40. The van der Waals surface area contributed by atoms with E-state index in [9.17, 15) is 5.11 Å². The third-order valence-corrected chi connectivity index (χ3v) is 2.96. The van der Waals surface area contributed by atoms with Crippen molar-refractivity contribution < 1.29 is 9.84 Å². The molecule has 0 bridgehead atoms. The largest absolute Gasteiger partial charge is 0.367 e. The minimum Gasteiger partial charge on any atom is -0.367 e. The van der Waals surface area contributed by atoms with Crippen LogP contribution in [0.15, 0.2) is 12.2 Å². The summed E-state index contributed by atoms with van der Waals surface area (Å²) in [6, 6.07) is -0.352. The van der Waals surface area contributed by atoms with E-state index >= 15 is 0 Å². The molecule has 0 saturated carbocycles. The van der Waals surface area contributed by atoms with Crippen molar-refractivity contribution in [3.05, 3.63) is 12.2 Å². The molecule has 5 heteroatoms. The SMILES string of the molecule is C=C(CN)[C@H]1CCC(N)[C@H](O)OC1CN. The molecule has 0 aromatic carbocycles. The molecule has 1 fully saturated rings. The third-order valence-electron chi connectivity index (χ3n) is 2.96. The van der Waals surface area contributed by atoms with E-state index in [1.165, 1.54) is 0 Å². The van der Waals surface area contributed by atoms with E-state index < -0.39 is 6.29 Å². The van der Waals surface area contributed by atoms with Crippen LogP contribution in [0.25, 0.3) is 0 Å². The highest BCUT2D eigenvalue weighted by Gasteiger charge is 2.32. The van der Waals surface area contributed by atoms with Gasteiger partial charge in [0.1, 0.15) is 0 Å². The van der Waals surface area contributed by atoms with Gasteiger partial charge in [0.2, 0.25) is 0 Å². The molecule has 1 aliphatic heterocycles. The zero-order chi connectivity index (χ0) is 11.4. The zero-order valence-corrected chi connectivity index (χ0v) is 8.93. The fourth-order valence-electron chi connectivity index (χ4n) is 1.91. The minimum atomic E-state index is -0.936. The number of ether oxygens (including phenoxy) is 1. The van der Waals surface area contributed by atoms with Gasteiger partial charge < -0.3 is 27.0 Å². The van der Waals surface area contributed by atoms with Crippen molar-refractivity contribution >= 4 is 0 Å². The maximum atomic E-state index is 9.57. The molecule has 1 rings (SSSR count). The molecule has 0 radical (unpaired) electrons. The van der Waals surface area contributed by atoms with Crippen LogP contribution in [-0.4, -0.2) is 36.6 Å². The Morgan fingerprint density at radius 3 is 2.60 bits per heavy atom. The van der Waals surface area contributed by atoms with Gasteiger partial charge in [-0.1, -0.05) is 12.2 Å². The number of rotatable bonds is 3. The molecule has 5 nitrogen and oxygen atoms in total. The molecule has 0 amide bonds. The summed E-state index contributed by atoms with van der Waals surface area (Å²) in [4.78, 5) is 0. The van der Waals surface area contributed by atoms with E-state index in [2.05, 4.69) is 6.58 Å². The summed E-state index contributed by atoms with van der Waals surface area (Å²) in [5, 5.41) is 9.57. The standard InChI is InChI=1S/C10H21N3O2/c1-6(4-11)7-2-3-8(13)10(14)15-9(7)5-12/h7-10,14H,1-5,11-13H2/t7-,8?,9?,10-/m1/s1. The van der Waals surface area contributed by atoms with E-state index in [1.807, 2.05) is 0 Å². The van der Waals surface area contributed by atoms with Gasteiger partial charge in [0.15, 0.2) is 6.29 Å². The highest BCUT2D eigenvalue weighted by molar-refractivity contribution is 5.06. The number of nitrogens with two attached hydrogens (primary N) is 3. The molecule has 4 atom stereocenters. The van der Waals surface area contributed by atoms with Crippen molar-refractivity contribution in [1.82, 2.24) is 0 Å². The number of hydrogen-bond acceptors (Lipinski definition) is 5. The first-order valence-corrected chi connectivity index (χ1v) is 5.27. The van der Waals surface area contributed by atoms with Gasteiger partial charge in [-0.3, -0.25) is 0 Å². The first-order chi connectivity index (χ1) is 7.10. The van der Waals surface area contributed by atoms with Crippen LogP contribution in [0.5, 0.6) is 0 Å². The van der Waals surface area contributed by atoms with E-state index in [0.717, 1.165) is 12.0 Å². The van der Waals surface area contributed by atoms with Gasteiger partial charge in [-0.05, 0) is 12.8 Å². The molecule has 1 aliphatic rings. The van der Waals surface area contributed by atoms with Crippen molar-refractivity contribution in [2.45, 2.75) is 31.3 Å². The lowest BCUT2D eigenvalue weighted by Gasteiger charge is -2.26. The summed E-state index contributed by atoms with van der Waals surface area (Å²) in [6.45, 7) is 4.66. The van der Waals surface area contributed by atoms with Gasteiger partial charge >= 0.3 is 0 Å². The first kappa shape index (κ1) is 12.6. The summed E-state index contributed by atoms with van der Waals surface area (Å²) >= 11 is 0. The van der Waals surface area contributed by atoms with Gasteiger partial charge in [0.25, 0.3) is 0 Å². The Balaban J connectivity index is 2.72. The molecule has 88 valence electrons. The van der Waals surface area contributed by atoms with Crippen molar-refractivity contribution in [3.63, 3.8) is 0 Å². The summed E-state index contributed by atoms with van der Waals surface area (Å²) in [5.41, 5.74) is 17.8. The van der Waals surface area contributed by atoms with Gasteiger partial charge in [0.05, 0.1) is 12.1 Å². The molecule has 0 aliphatic carbocycles. The summed E-state index contributed by atoms with van der Waals surface area (Å²) in [7, 11) is 0. The fraction of sp³-hybridized carbons (Fsp3) is 0.800. The predicted octanol–water partition coefficient (Wildman–Crippen LogP) is -1.10. The Bertz CT molecular complexity index is 223. The van der Waals surface area contributed by atoms with Crippen LogP contribution in [0.1, 0.15) is 12.8 Å². The van der Waals surface area contributed by atoms with Crippen LogP contribution in [0, 0.1) is 5.92 Å². The monoisotopic (exact) mass is 215 g/mol. The Morgan fingerprint density at radius 2 is 2.07 bits per heavy atom. The molecule has 0 spiro atoms. The fourth-order valence-corrected chi connectivity index (χ4v) is 1.91. The first-order valence-electron chi connectivity index (χ1n) is 5.27. The van der Waals surface area contributed by atoms with E-state index in [-0.39, 0.29) is 18.1 Å². The van der Waals surface area contributed by atoms with Crippen molar-refractivity contribution in [2.24, 2.45) is 23.1 Å². The lowest BCUT2D eigenvalue weighted by Crippen LogP contribution is -2.40. The quantitative estimate of drug-likeness (QED) is 0.447. The van der Waals surface area contributed by atoms with Crippen molar-refractivity contribution in [1.29, 1.82) is 0 Å². The van der Waals surface area contributed by atoms with Gasteiger partial charge in [-0.15, -0.1) is 0 Å². The molecule has 0 aromatic rings. The Labute approximate surface area is 90.3 Å². The zero-order valence-electron chi connectivity index (χ0n) is 8.93. The lowest BCUT2D eigenvalue weighted by atomic mass is 9.89. The van der Waals surface area contributed by atoms with Crippen LogP contribution in [0.2, 0.25) is 0 Å². The predicted molar refractivity (Wildman–Crippen MR) is 58.8 cm³/mol. The van der Waals surface area contributed by atoms with E-state index in [4.69, 9.17) is 21.9 Å². The van der Waals surface area contributed by atoms with Gasteiger partial charge in [-0.25, -0.2) is 0 Å². The van der Waals surface area contributed by atoms with Crippen LogP contribution >= 0.6 is 0 Å². The molecule has 2 unspecified atom stereocenters. The molecular formula is C10H21N3O2.